The van der Waals surface area contributed by atoms with Crippen LogP contribution in [0.15, 0.2) is 42.6 Å². The van der Waals surface area contributed by atoms with Crippen LogP contribution in [0.25, 0.3) is 28.1 Å². The molecular formula is C24H25ClF4N6O. The highest BCUT2D eigenvalue weighted by Gasteiger charge is 2.46. The maximum absolute atomic E-state index is 14.5. The van der Waals surface area contributed by atoms with Crippen molar-refractivity contribution in [1.29, 1.82) is 0 Å². The van der Waals surface area contributed by atoms with E-state index in [1.54, 1.807) is 32.0 Å². The van der Waals surface area contributed by atoms with E-state index < -0.39 is 18.0 Å². The summed E-state index contributed by atoms with van der Waals surface area (Å²) < 4.78 is 64.0. The molecule has 0 spiro atoms. The van der Waals surface area contributed by atoms with Crippen LogP contribution in [0.4, 0.5) is 17.6 Å². The maximum Gasteiger partial charge on any atom is 0.408 e. The number of halogens is 5. The zero-order chi connectivity index (χ0) is 24.9. The number of nitrogens with two attached hydrogens (primary N) is 1. The van der Waals surface area contributed by atoms with Crippen LogP contribution in [0.3, 0.4) is 0 Å². The van der Waals surface area contributed by atoms with Crippen LogP contribution in [-0.4, -0.2) is 55.9 Å². The van der Waals surface area contributed by atoms with Gasteiger partial charge in [-0.3, -0.25) is 9.30 Å². The molecule has 0 bridgehead atoms. The van der Waals surface area contributed by atoms with Crippen molar-refractivity contribution in [3.63, 3.8) is 0 Å². The fourth-order valence-corrected chi connectivity index (χ4v) is 4.51. The molecule has 192 valence electrons. The van der Waals surface area contributed by atoms with Crippen molar-refractivity contribution < 1.29 is 22.3 Å². The van der Waals surface area contributed by atoms with Crippen LogP contribution in [0, 0.1) is 5.82 Å². The highest BCUT2D eigenvalue weighted by Crippen LogP contribution is 2.39. The number of ether oxygens (including phenoxy) is 1. The zero-order valence-electron chi connectivity index (χ0n) is 19.5. The smallest absolute Gasteiger partial charge is 0.408 e. The predicted octanol–water partition coefficient (Wildman–Crippen LogP) is 4.93. The van der Waals surface area contributed by atoms with E-state index in [-0.39, 0.29) is 54.8 Å². The number of benzene rings is 1. The van der Waals surface area contributed by atoms with Crippen LogP contribution in [0.1, 0.15) is 31.9 Å². The number of nitrogens with zero attached hydrogens (tertiary/aromatic N) is 5. The Morgan fingerprint density at radius 2 is 1.83 bits per heavy atom. The molecular weight excluding hydrogens is 500 g/mol. The molecule has 1 unspecified atom stereocenters. The van der Waals surface area contributed by atoms with Crippen molar-refractivity contribution in [2.45, 2.75) is 44.6 Å². The van der Waals surface area contributed by atoms with Crippen molar-refractivity contribution in [2.24, 2.45) is 5.73 Å². The minimum absolute atomic E-state index is 0. The second kappa shape index (κ2) is 9.79. The van der Waals surface area contributed by atoms with E-state index in [4.69, 9.17) is 10.5 Å². The topological polar surface area (TPSA) is 81.6 Å². The molecule has 3 aromatic heterocycles. The Hall–Kier alpha value is -3.02. The van der Waals surface area contributed by atoms with Crippen LogP contribution >= 0.6 is 12.4 Å². The maximum atomic E-state index is 14.5. The van der Waals surface area contributed by atoms with Gasteiger partial charge in [-0.15, -0.1) is 22.6 Å². The summed E-state index contributed by atoms with van der Waals surface area (Å²) in [4.78, 5) is 5.90. The van der Waals surface area contributed by atoms with Gasteiger partial charge in [0.15, 0.2) is 23.0 Å². The molecule has 0 saturated carbocycles. The normalized spacial score (nSPS) is 17.6. The molecule has 1 aliphatic heterocycles. The number of alkyl halides is 3. The first kappa shape index (κ1) is 26.1. The van der Waals surface area contributed by atoms with Crippen molar-refractivity contribution >= 4 is 29.0 Å². The molecule has 0 radical (unpaired) electrons. The minimum atomic E-state index is -4.49. The van der Waals surface area contributed by atoms with Gasteiger partial charge >= 0.3 is 6.18 Å². The summed E-state index contributed by atoms with van der Waals surface area (Å²) >= 11 is 0. The molecule has 7 nitrogen and oxygen atoms in total. The first-order chi connectivity index (χ1) is 16.6. The molecule has 1 saturated heterocycles. The van der Waals surface area contributed by atoms with Gasteiger partial charge in [0.25, 0.3) is 0 Å². The number of fused-ring (bicyclic) bond motifs is 2. The molecule has 4 aromatic rings. The second-order valence-corrected chi connectivity index (χ2v) is 9.01. The van der Waals surface area contributed by atoms with Gasteiger partial charge in [0.05, 0.1) is 6.10 Å². The van der Waals surface area contributed by atoms with E-state index in [1.165, 1.54) is 33.7 Å². The number of hydrogen-bond donors (Lipinski definition) is 1. The Morgan fingerprint density at radius 3 is 2.50 bits per heavy atom. The van der Waals surface area contributed by atoms with Crippen molar-refractivity contribution in [2.75, 3.05) is 13.1 Å². The zero-order valence-corrected chi connectivity index (χ0v) is 20.4. The van der Waals surface area contributed by atoms with Crippen molar-refractivity contribution in [3.8, 4) is 17.3 Å². The molecule has 2 N–H and O–H groups in total. The van der Waals surface area contributed by atoms with Gasteiger partial charge in [0.2, 0.25) is 0 Å². The fourth-order valence-electron chi connectivity index (χ4n) is 4.51. The third-order valence-corrected chi connectivity index (χ3v) is 6.02. The predicted molar refractivity (Wildman–Crippen MR) is 130 cm³/mol. The van der Waals surface area contributed by atoms with Gasteiger partial charge < -0.3 is 10.5 Å². The average Bonchev–Trinajstić information content (AvgIpc) is 3.40. The van der Waals surface area contributed by atoms with E-state index in [9.17, 15) is 17.6 Å². The summed E-state index contributed by atoms with van der Waals surface area (Å²) in [7, 11) is 0. The van der Waals surface area contributed by atoms with Crippen LogP contribution in [0.2, 0.25) is 0 Å². The third kappa shape index (κ3) is 4.82. The van der Waals surface area contributed by atoms with Gasteiger partial charge in [-0.05, 0) is 50.1 Å². The Kier molecular flexibility index (Phi) is 7.09. The lowest BCUT2D eigenvalue weighted by atomic mass is 10.1. The number of rotatable bonds is 5. The van der Waals surface area contributed by atoms with E-state index in [0.29, 0.717) is 28.7 Å². The van der Waals surface area contributed by atoms with Crippen molar-refractivity contribution in [3.05, 3.63) is 54.0 Å². The average molecular weight is 525 g/mol. The molecule has 4 heterocycles. The van der Waals surface area contributed by atoms with Gasteiger partial charge in [-0.25, -0.2) is 9.37 Å². The van der Waals surface area contributed by atoms with Gasteiger partial charge in [-0.2, -0.15) is 13.2 Å². The van der Waals surface area contributed by atoms with Gasteiger partial charge in [-0.1, -0.05) is 12.1 Å². The van der Waals surface area contributed by atoms with E-state index in [0.717, 1.165) is 0 Å². The number of aromatic nitrogens is 4. The van der Waals surface area contributed by atoms with E-state index in [1.807, 2.05) is 0 Å². The first-order valence-corrected chi connectivity index (χ1v) is 11.3. The minimum Gasteiger partial charge on any atom is -0.486 e. The number of likely N-dealkylation sites (tertiary alicyclic amines) is 1. The molecule has 0 aliphatic carbocycles. The quantitative estimate of drug-likeness (QED) is 0.373. The molecule has 2 atom stereocenters. The Morgan fingerprint density at radius 1 is 1.08 bits per heavy atom. The van der Waals surface area contributed by atoms with Crippen molar-refractivity contribution in [1.82, 2.24) is 24.5 Å². The molecule has 1 fully saturated rings. The SMILES string of the molecule is CC(C)Oc1c(F)ccc2ccc(-c3nnc4ccc([C@@H](N5CCC(N)C5)C(F)(F)F)cn34)nc12.Cl. The van der Waals surface area contributed by atoms with E-state index in [2.05, 4.69) is 15.2 Å². The molecule has 12 heteroatoms. The van der Waals surface area contributed by atoms with Crippen LogP contribution in [-0.2, 0) is 0 Å². The summed E-state index contributed by atoms with van der Waals surface area (Å²) in [5, 5.41) is 8.90. The third-order valence-electron chi connectivity index (χ3n) is 6.02. The highest BCUT2D eigenvalue weighted by atomic mass is 35.5. The number of hydrogen-bond acceptors (Lipinski definition) is 6. The standard InChI is InChI=1S/C24H24F4N6O.ClH/c1-13(2)35-21-17(25)6-3-14-4-7-18(30-20(14)21)23-32-31-19-8-5-15(11-34(19)23)22(24(26,27)28)33-10-9-16(29)12-33;/h3-8,11,13,16,22H,9-10,12,29H2,1-2H3;1H/t16?,22-;/m1./s1. The second-order valence-electron chi connectivity index (χ2n) is 9.01. The van der Waals surface area contributed by atoms with Gasteiger partial charge in [0.1, 0.15) is 17.3 Å². The Bertz CT molecular complexity index is 1390. The molecule has 5 rings (SSSR count). The summed E-state index contributed by atoms with van der Waals surface area (Å²) in [6.45, 7) is 3.97. The largest absolute Gasteiger partial charge is 0.486 e. The van der Waals surface area contributed by atoms with Crippen LogP contribution in [0.5, 0.6) is 5.75 Å². The monoisotopic (exact) mass is 524 g/mol. The molecule has 1 aliphatic rings. The lowest BCUT2D eigenvalue weighted by Gasteiger charge is -2.30. The number of pyridine rings is 2. The lowest BCUT2D eigenvalue weighted by molar-refractivity contribution is -0.183. The summed E-state index contributed by atoms with van der Waals surface area (Å²) in [6.07, 6.45) is -2.89. The molecule has 36 heavy (non-hydrogen) atoms. The van der Waals surface area contributed by atoms with Crippen LogP contribution < -0.4 is 10.5 Å². The summed E-state index contributed by atoms with van der Waals surface area (Å²) in [5.41, 5.74) is 6.91. The molecule has 0 amide bonds. The Balaban J connectivity index is 0.00000304. The fraction of sp³-hybridized carbons (Fsp3) is 0.375. The Labute approximate surface area is 210 Å². The van der Waals surface area contributed by atoms with Gasteiger partial charge in [0, 0.05) is 30.7 Å². The summed E-state index contributed by atoms with van der Waals surface area (Å²) in [5.74, 6) is -0.306. The molecule has 1 aromatic carbocycles. The lowest BCUT2D eigenvalue weighted by Crippen LogP contribution is -2.38. The van der Waals surface area contributed by atoms with E-state index >= 15 is 0 Å². The summed E-state index contributed by atoms with van der Waals surface area (Å²) in [6, 6.07) is 7.11. The first-order valence-electron chi connectivity index (χ1n) is 11.3. The highest BCUT2D eigenvalue weighted by molar-refractivity contribution is 5.86.